The summed E-state index contributed by atoms with van der Waals surface area (Å²) in [6.45, 7) is 6.05. The van der Waals surface area contributed by atoms with Crippen LogP contribution in [0.25, 0.3) is 0 Å². The van der Waals surface area contributed by atoms with Gasteiger partial charge in [-0.2, -0.15) is 0 Å². The highest BCUT2D eigenvalue weighted by Gasteiger charge is 2.29. The first kappa shape index (κ1) is 10.2. The summed E-state index contributed by atoms with van der Waals surface area (Å²) in [7, 11) is 0. The molecule has 1 fully saturated rings. The molecule has 0 radical (unpaired) electrons. The molecule has 2 unspecified atom stereocenters. The highest BCUT2D eigenvalue weighted by atomic mass is 16.7. The summed E-state index contributed by atoms with van der Waals surface area (Å²) in [6.07, 6.45) is 7.31. The minimum Gasteiger partial charge on any atom is -0.350 e. The fraction of sp³-hybridized carbons (Fsp3) is 0.833. The summed E-state index contributed by atoms with van der Waals surface area (Å²) in [5, 5.41) is 0. The van der Waals surface area contributed by atoms with E-state index in [1.54, 1.807) is 0 Å². The van der Waals surface area contributed by atoms with Crippen LogP contribution in [0.1, 0.15) is 26.7 Å². The second-order valence-corrected chi connectivity index (χ2v) is 4.57. The lowest BCUT2D eigenvalue weighted by Gasteiger charge is -2.28. The monoisotopic (exact) mass is 196 g/mol. The highest BCUT2D eigenvalue weighted by Crippen LogP contribution is 2.31. The zero-order valence-electron chi connectivity index (χ0n) is 9.11. The maximum Gasteiger partial charge on any atom is 0.160 e. The van der Waals surface area contributed by atoms with E-state index < -0.39 is 0 Å². The van der Waals surface area contributed by atoms with Crippen molar-refractivity contribution in [2.75, 3.05) is 13.2 Å². The Morgan fingerprint density at radius 1 is 1.14 bits per heavy atom. The van der Waals surface area contributed by atoms with Crippen LogP contribution >= 0.6 is 0 Å². The predicted octanol–water partition coefficient (Wildman–Crippen LogP) is 2.60. The van der Waals surface area contributed by atoms with Gasteiger partial charge in [0.2, 0.25) is 0 Å². The Morgan fingerprint density at radius 2 is 1.86 bits per heavy atom. The van der Waals surface area contributed by atoms with Gasteiger partial charge >= 0.3 is 0 Å². The van der Waals surface area contributed by atoms with Gasteiger partial charge in [-0.25, -0.2) is 0 Å². The second-order valence-electron chi connectivity index (χ2n) is 4.57. The molecule has 2 aliphatic rings. The van der Waals surface area contributed by atoms with Crippen molar-refractivity contribution < 1.29 is 9.47 Å². The molecule has 1 heterocycles. The topological polar surface area (TPSA) is 18.5 Å². The van der Waals surface area contributed by atoms with Crippen molar-refractivity contribution in [3.63, 3.8) is 0 Å². The van der Waals surface area contributed by atoms with Crippen LogP contribution < -0.4 is 0 Å². The van der Waals surface area contributed by atoms with Crippen molar-refractivity contribution in [3.05, 3.63) is 12.2 Å². The molecule has 0 amide bonds. The molecule has 1 aliphatic carbocycles. The quantitative estimate of drug-likeness (QED) is 0.632. The van der Waals surface area contributed by atoms with Gasteiger partial charge in [-0.3, -0.25) is 0 Å². The van der Waals surface area contributed by atoms with Crippen LogP contribution in [-0.2, 0) is 9.47 Å². The van der Waals surface area contributed by atoms with Gasteiger partial charge in [0.15, 0.2) is 6.29 Å². The van der Waals surface area contributed by atoms with Gasteiger partial charge in [0.25, 0.3) is 0 Å². The van der Waals surface area contributed by atoms with Crippen molar-refractivity contribution in [2.24, 2.45) is 17.8 Å². The van der Waals surface area contributed by atoms with E-state index in [1.807, 2.05) is 0 Å². The maximum atomic E-state index is 5.54. The molecule has 2 heteroatoms. The van der Waals surface area contributed by atoms with E-state index in [-0.39, 0.29) is 6.29 Å². The van der Waals surface area contributed by atoms with Gasteiger partial charge < -0.3 is 9.47 Å². The van der Waals surface area contributed by atoms with E-state index in [0.717, 1.165) is 19.1 Å². The Labute approximate surface area is 86.3 Å². The van der Waals surface area contributed by atoms with Gasteiger partial charge in [-0.15, -0.1) is 0 Å². The minimum absolute atomic E-state index is 0.0399. The fourth-order valence-corrected chi connectivity index (χ4v) is 2.30. The average Bonchev–Trinajstić information content (AvgIpc) is 2.71. The summed E-state index contributed by atoms with van der Waals surface area (Å²) in [4.78, 5) is 0. The Kier molecular flexibility index (Phi) is 3.24. The summed E-state index contributed by atoms with van der Waals surface area (Å²) in [6, 6.07) is 0. The number of hydrogen-bond donors (Lipinski definition) is 0. The number of allylic oxidation sites excluding steroid dienone is 2. The standard InChI is InChI=1S/C12H20O2/c1-9-3-5-11(6-4-9)10(2)12-13-7-8-14-12/h3,5,9-12H,4,6-8H2,1-2H3/t9-,10?,11?/m1/s1. The first-order chi connectivity index (χ1) is 6.77. The van der Waals surface area contributed by atoms with E-state index in [1.165, 1.54) is 12.8 Å². The molecule has 2 nitrogen and oxygen atoms in total. The summed E-state index contributed by atoms with van der Waals surface area (Å²) in [5.41, 5.74) is 0. The van der Waals surface area contributed by atoms with E-state index in [9.17, 15) is 0 Å². The lowest BCUT2D eigenvalue weighted by atomic mass is 9.82. The molecule has 0 aromatic carbocycles. The van der Waals surface area contributed by atoms with Gasteiger partial charge in [0.05, 0.1) is 13.2 Å². The van der Waals surface area contributed by atoms with Gasteiger partial charge in [-0.1, -0.05) is 26.0 Å². The normalized spacial score (nSPS) is 36.1. The number of ether oxygens (including phenoxy) is 2. The molecular formula is C12H20O2. The first-order valence-corrected chi connectivity index (χ1v) is 5.69. The zero-order chi connectivity index (χ0) is 9.97. The third-order valence-corrected chi connectivity index (χ3v) is 3.39. The summed E-state index contributed by atoms with van der Waals surface area (Å²) in [5.74, 6) is 1.90. The molecule has 2 rings (SSSR count). The van der Waals surface area contributed by atoms with Crippen LogP contribution in [-0.4, -0.2) is 19.5 Å². The van der Waals surface area contributed by atoms with Crippen LogP contribution in [0.15, 0.2) is 12.2 Å². The molecule has 0 bridgehead atoms. The molecular weight excluding hydrogens is 176 g/mol. The molecule has 0 aromatic rings. The van der Waals surface area contributed by atoms with Gasteiger partial charge in [-0.05, 0) is 24.7 Å². The largest absolute Gasteiger partial charge is 0.350 e. The van der Waals surface area contributed by atoms with Crippen LogP contribution in [0, 0.1) is 17.8 Å². The van der Waals surface area contributed by atoms with E-state index in [4.69, 9.17) is 9.47 Å². The smallest absolute Gasteiger partial charge is 0.160 e. The molecule has 0 aromatic heterocycles. The highest BCUT2D eigenvalue weighted by molar-refractivity contribution is 4.98. The first-order valence-electron chi connectivity index (χ1n) is 5.69. The van der Waals surface area contributed by atoms with Gasteiger partial charge in [0.1, 0.15) is 0 Å². The van der Waals surface area contributed by atoms with Crippen molar-refractivity contribution in [1.29, 1.82) is 0 Å². The lowest BCUT2D eigenvalue weighted by Crippen LogP contribution is -2.27. The molecule has 0 saturated carbocycles. The maximum absolute atomic E-state index is 5.54. The summed E-state index contributed by atoms with van der Waals surface area (Å²) < 4.78 is 11.1. The molecule has 3 atom stereocenters. The number of rotatable bonds is 2. The van der Waals surface area contributed by atoms with E-state index in [2.05, 4.69) is 26.0 Å². The van der Waals surface area contributed by atoms with Crippen molar-refractivity contribution in [3.8, 4) is 0 Å². The van der Waals surface area contributed by atoms with Gasteiger partial charge in [0, 0.05) is 5.92 Å². The minimum atomic E-state index is 0.0399. The average molecular weight is 196 g/mol. The molecule has 80 valence electrons. The Morgan fingerprint density at radius 3 is 2.43 bits per heavy atom. The second kappa shape index (κ2) is 4.45. The Bertz CT molecular complexity index is 206. The Hall–Kier alpha value is -0.340. The molecule has 1 aliphatic heterocycles. The van der Waals surface area contributed by atoms with E-state index >= 15 is 0 Å². The molecule has 0 N–H and O–H groups in total. The fourth-order valence-electron chi connectivity index (χ4n) is 2.30. The molecule has 0 spiro atoms. The molecule has 14 heavy (non-hydrogen) atoms. The summed E-state index contributed by atoms with van der Waals surface area (Å²) >= 11 is 0. The van der Waals surface area contributed by atoms with E-state index in [0.29, 0.717) is 11.8 Å². The lowest BCUT2D eigenvalue weighted by molar-refractivity contribution is -0.0901. The predicted molar refractivity (Wildman–Crippen MR) is 55.9 cm³/mol. The van der Waals surface area contributed by atoms with Crippen molar-refractivity contribution >= 4 is 0 Å². The van der Waals surface area contributed by atoms with Crippen LogP contribution in [0.4, 0.5) is 0 Å². The van der Waals surface area contributed by atoms with Crippen LogP contribution in [0.3, 0.4) is 0 Å². The third-order valence-electron chi connectivity index (χ3n) is 3.39. The van der Waals surface area contributed by atoms with Crippen LogP contribution in [0.2, 0.25) is 0 Å². The zero-order valence-corrected chi connectivity index (χ0v) is 9.11. The van der Waals surface area contributed by atoms with Crippen molar-refractivity contribution in [1.82, 2.24) is 0 Å². The number of hydrogen-bond acceptors (Lipinski definition) is 2. The Balaban J connectivity index is 1.90. The van der Waals surface area contributed by atoms with Crippen molar-refractivity contribution in [2.45, 2.75) is 33.0 Å². The third kappa shape index (κ3) is 2.18. The SMILES string of the molecule is CC(C1C=C[C@@H](C)CC1)C1OCCO1. The van der Waals surface area contributed by atoms with Crippen LogP contribution in [0.5, 0.6) is 0 Å². The molecule has 1 saturated heterocycles.